The van der Waals surface area contributed by atoms with Gasteiger partial charge in [0.1, 0.15) is 18.1 Å². The molecule has 0 atom stereocenters. The Hall–Kier alpha value is -3.84. The zero-order valence-corrected chi connectivity index (χ0v) is 18.1. The molecule has 0 saturated carbocycles. The van der Waals surface area contributed by atoms with E-state index >= 15 is 0 Å². The average Bonchev–Trinajstić information content (AvgIpc) is 2.81. The van der Waals surface area contributed by atoms with Crippen LogP contribution in [0, 0.1) is 0 Å². The SMILES string of the molecule is CCOc1ccc(NC(=O)c2ccccc2NC(=O)c2ccc(OCCOC)cc2)cc1. The predicted octanol–water partition coefficient (Wildman–Crippen LogP) is 4.62. The highest BCUT2D eigenvalue weighted by Gasteiger charge is 2.14. The molecule has 0 radical (unpaired) electrons. The number of methoxy groups -OCH3 is 1. The van der Waals surface area contributed by atoms with Crippen molar-refractivity contribution in [3.05, 3.63) is 83.9 Å². The summed E-state index contributed by atoms with van der Waals surface area (Å²) in [6.07, 6.45) is 0. The number of benzene rings is 3. The van der Waals surface area contributed by atoms with Crippen molar-refractivity contribution in [2.24, 2.45) is 0 Å². The van der Waals surface area contributed by atoms with Crippen molar-refractivity contribution in [2.45, 2.75) is 6.92 Å². The minimum Gasteiger partial charge on any atom is -0.494 e. The number of carbonyl (C=O) groups excluding carboxylic acids is 2. The molecule has 0 aliphatic heterocycles. The topological polar surface area (TPSA) is 85.9 Å². The lowest BCUT2D eigenvalue weighted by atomic mass is 10.1. The fourth-order valence-electron chi connectivity index (χ4n) is 2.93. The lowest BCUT2D eigenvalue weighted by Gasteiger charge is -2.12. The molecule has 0 aliphatic carbocycles. The van der Waals surface area contributed by atoms with Gasteiger partial charge in [-0.25, -0.2) is 0 Å². The van der Waals surface area contributed by atoms with Crippen LogP contribution in [0.1, 0.15) is 27.6 Å². The Balaban J connectivity index is 1.66. The number of anilines is 2. The molecule has 166 valence electrons. The summed E-state index contributed by atoms with van der Waals surface area (Å²) < 4.78 is 15.9. The van der Waals surface area contributed by atoms with Crippen LogP contribution in [0.25, 0.3) is 0 Å². The van der Waals surface area contributed by atoms with Gasteiger partial charge in [0.2, 0.25) is 0 Å². The van der Waals surface area contributed by atoms with Crippen molar-refractivity contribution in [2.75, 3.05) is 37.6 Å². The van der Waals surface area contributed by atoms with E-state index in [2.05, 4.69) is 10.6 Å². The van der Waals surface area contributed by atoms with Gasteiger partial charge in [-0.05, 0) is 67.6 Å². The quantitative estimate of drug-likeness (QED) is 0.455. The molecule has 3 aromatic rings. The van der Waals surface area contributed by atoms with E-state index in [0.29, 0.717) is 48.1 Å². The van der Waals surface area contributed by atoms with E-state index in [4.69, 9.17) is 14.2 Å². The maximum Gasteiger partial charge on any atom is 0.257 e. The van der Waals surface area contributed by atoms with Gasteiger partial charge < -0.3 is 24.8 Å². The third-order valence-corrected chi connectivity index (χ3v) is 4.52. The summed E-state index contributed by atoms with van der Waals surface area (Å²) in [5.41, 5.74) is 1.85. The molecule has 0 spiro atoms. The van der Waals surface area contributed by atoms with Gasteiger partial charge in [-0.3, -0.25) is 9.59 Å². The summed E-state index contributed by atoms with van der Waals surface area (Å²) in [7, 11) is 1.60. The molecule has 2 amide bonds. The van der Waals surface area contributed by atoms with Crippen LogP contribution in [0.4, 0.5) is 11.4 Å². The van der Waals surface area contributed by atoms with E-state index in [-0.39, 0.29) is 11.8 Å². The molecule has 0 heterocycles. The Morgan fingerprint density at radius 2 is 1.41 bits per heavy atom. The molecular formula is C25H26N2O5. The number of carbonyl (C=O) groups is 2. The number of amides is 2. The predicted molar refractivity (Wildman–Crippen MR) is 124 cm³/mol. The van der Waals surface area contributed by atoms with Gasteiger partial charge >= 0.3 is 0 Å². The third kappa shape index (κ3) is 6.33. The number of ether oxygens (including phenoxy) is 3. The molecule has 0 aromatic heterocycles. The first-order chi connectivity index (χ1) is 15.6. The molecule has 0 bridgehead atoms. The molecule has 2 N–H and O–H groups in total. The molecule has 3 aromatic carbocycles. The summed E-state index contributed by atoms with van der Waals surface area (Å²) >= 11 is 0. The van der Waals surface area contributed by atoms with E-state index in [1.165, 1.54) is 0 Å². The molecule has 0 unspecified atom stereocenters. The average molecular weight is 434 g/mol. The second kappa shape index (κ2) is 11.5. The van der Waals surface area contributed by atoms with Crippen molar-refractivity contribution >= 4 is 23.2 Å². The molecule has 0 saturated heterocycles. The van der Waals surface area contributed by atoms with Gasteiger partial charge in [0, 0.05) is 18.4 Å². The standard InChI is InChI=1S/C25H26N2O5/c1-3-31-20-14-10-19(11-15-20)26-25(29)22-6-4-5-7-23(22)27-24(28)18-8-12-21(13-9-18)32-17-16-30-2/h4-15H,3,16-17H2,1-2H3,(H,26,29)(H,27,28). The van der Waals surface area contributed by atoms with Crippen molar-refractivity contribution < 1.29 is 23.8 Å². The maximum atomic E-state index is 12.8. The fraction of sp³-hybridized carbons (Fsp3) is 0.200. The van der Waals surface area contributed by atoms with Crippen molar-refractivity contribution in [1.29, 1.82) is 0 Å². The van der Waals surface area contributed by atoms with E-state index < -0.39 is 0 Å². The fourth-order valence-corrected chi connectivity index (χ4v) is 2.93. The highest BCUT2D eigenvalue weighted by atomic mass is 16.5. The Bertz CT molecular complexity index is 1030. The van der Waals surface area contributed by atoms with Crippen LogP contribution in [0.15, 0.2) is 72.8 Å². The number of rotatable bonds is 10. The summed E-state index contributed by atoms with van der Waals surface area (Å²) in [5, 5.41) is 5.65. The van der Waals surface area contributed by atoms with Crippen molar-refractivity contribution in [3.8, 4) is 11.5 Å². The minimum absolute atomic E-state index is 0.324. The van der Waals surface area contributed by atoms with E-state index in [0.717, 1.165) is 5.75 Å². The van der Waals surface area contributed by atoms with Crippen LogP contribution >= 0.6 is 0 Å². The van der Waals surface area contributed by atoms with E-state index in [1.807, 2.05) is 6.92 Å². The molecule has 32 heavy (non-hydrogen) atoms. The first-order valence-electron chi connectivity index (χ1n) is 10.3. The summed E-state index contributed by atoms with van der Waals surface area (Å²) in [6, 6.07) is 20.7. The Kier molecular flexibility index (Phi) is 8.22. The van der Waals surface area contributed by atoms with E-state index in [9.17, 15) is 9.59 Å². The first kappa shape index (κ1) is 22.8. The van der Waals surface area contributed by atoms with Gasteiger partial charge in [0.15, 0.2) is 0 Å². The lowest BCUT2D eigenvalue weighted by molar-refractivity contribution is 0.102. The number of nitrogens with one attached hydrogen (secondary N) is 2. The van der Waals surface area contributed by atoms with Crippen LogP contribution in [0.5, 0.6) is 11.5 Å². The minimum atomic E-state index is -0.327. The number of hydrogen-bond acceptors (Lipinski definition) is 5. The summed E-state index contributed by atoms with van der Waals surface area (Å²) in [4.78, 5) is 25.5. The maximum absolute atomic E-state index is 12.8. The second-order valence-corrected chi connectivity index (χ2v) is 6.78. The molecule has 7 heteroatoms. The van der Waals surface area contributed by atoms with Gasteiger partial charge in [-0.15, -0.1) is 0 Å². The van der Waals surface area contributed by atoms with Crippen molar-refractivity contribution in [3.63, 3.8) is 0 Å². The molecule has 0 fully saturated rings. The normalized spacial score (nSPS) is 10.3. The van der Waals surface area contributed by atoms with Gasteiger partial charge in [-0.2, -0.15) is 0 Å². The van der Waals surface area contributed by atoms with Crippen LogP contribution in [-0.2, 0) is 4.74 Å². The largest absolute Gasteiger partial charge is 0.494 e. The lowest BCUT2D eigenvalue weighted by Crippen LogP contribution is -2.18. The Morgan fingerprint density at radius 1 is 0.750 bits per heavy atom. The zero-order chi connectivity index (χ0) is 22.8. The van der Waals surface area contributed by atoms with Crippen LogP contribution < -0.4 is 20.1 Å². The molecule has 0 aliphatic rings. The monoisotopic (exact) mass is 434 g/mol. The second-order valence-electron chi connectivity index (χ2n) is 6.78. The summed E-state index contributed by atoms with van der Waals surface area (Å²) in [5.74, 6) is 0.726. The molecule has 7 nitrogen and oxygen atoms in total. The van der Waals surface area contributed by atoms with Crippen LogP contribution in [0.3, 0.4) is 0 Å². The highest BCUT2D eigenvalue weighted by Crippen LogP contribution is 2.21. The number of para-hydroxylation sites is 1. The first-order valence-corrected chi connectivity index (χ1v) is 10.3. The van der Waals surface area contributed by atoms with Gasteiger partial charge in [0.05, 0.1) is 24.5 Å². The molecule has 3 rings (SSSR count). The van der Waals surface area contributed by atoms with Crippen LogP contribution in [-0.4, -0.2) is 38.7 Å². The Morgan fingerprint density at radius 3 is 2.09 bits per heavy atom. The zero-order valence-electron chi connectivity index (χ0n) is 18.1. The van der Waals surface area contributed by atoms with E-state index in [1.54, 1.807) is 79.9 Å². The van der Waals surface area contributed by atoms with Gasteiger partial charge in [-0.1, -0.05) is 12.1 Å². The smallest absolute Gasteiger partial charge is 0.257 e. The van der Waals surface area contributed by atoms with Crippen molar-refractivity contribution in [1.82, 2.24) is 0 Å². The third-order valence-electron chi connectivity index (χ3n) is 4.52. The van der Waals surface area contributed by atoms with Crippen LogP contribution in [0.2, 0.25) is 0 Å². The summed E-state index contributed by atoms with van der Waals surface area (Å²) in [6.45, 7) is 3.39. The highest BCUT2D eigenvalue weighted by molar-refractivity contribution is 6.12. The Labute approximate surface area is 187 Å². The number of hydrogen-bond donors (Lipinski definition) is 2. The molecular weight excluding hydrogens is 408 g/mol. The van der Waals surface area contributed by atoms with Gasteiger partial charge in [0.25, 0.3) is 11.8 Å².